The summed E-state index contributed by atoms with van der Waals surface area (Å²) in [4.78, 5) is 37.3. The SMILES string of the molecule is O=C1S/C(=C/c2ccc(-c3ccc(Cl)cc3[N+](=O)[O-])o2)C(=O)N1CCCc1ccccc1. The molecule has 0 unspecified atom stereocenters. The molecule has 32 heavy (non-hydrogen) atoms. The summed E-state index contributed by atoms with van der Waals surface area (Å²) in [7, 11) is 0. The molecule has 0 saturated carbocycles. The Bertz CT molecular complexity index is 1220. The molecule has 1 aliphatic rings. The molecule has 7 nitrogen and oxygen atoms in total. The Balaban J connectivity index is 1.47. The van der Waals surface area contributed by atoms with E-state index in [1.165, 1.54) is 29.2 Å². The number of nitrogens with zero attached hydrogens (tertiary/aromatic N) is 2. The Morgan fingerprint density at radius 2 is 1.88 bits per heavy atom. The predicted molar refractivity (Wildman–Crippen MR) is 123 cm³/mol. The van der Waals surface area contributed by atoms with Crippen molar-refractivity contribution >= 4 is 46.3 Å². The highest BCUT2D eigenvalue weighted by molar-refractivity contribution is 8.18. The van der Waals surface area contributed by atoms with E-state index in [4.69, 9.17) is 16.0 Å². The fraction of sp³-hybridized carbons (Fsp3) is 0.130. The number of nitro groups is 1. The van der Waals surface area contributed by atoms with Crippen molar-refractivity contribution in [1.29, 1.82) is 0 Å². The first-order chi connectivity index (χ1) is 15.4. The van der Waals surface area contributed by atoms with Gasteiger partial charge in [0.25, 0.3) is 16.8 Å². The summed E-state index contributed by atoms with van der Waals surface area (Å²) in [5, 5.41) is 11.2. The van der Waals surface area contributed by atoms with Crippen LogP contribution in [0.3, 0.4) is 0 Å². The Kier molecular flexibility index (Phi) is 6.43. The molecule has 1 aromatic heterocycles. The lowest BCUT2D eigenvalue weighted by atomic mass is 10.1. The van der Waals surface area contributed by atoms with Crippen LogP contribution in [-0.2, 0) is 11.2 Å². The van der Waals surface area contributed by atoms with Gasteiger partial charge >= 0.3 is 0 Å². The number of aryl methyl sites for hydroxylation is 1. The van der Waals surface area contributed by atoms with Gasteiger partial charge in [-0.25, -0.2) is 0 Å². The minimum absolute atomic E-state index is 0.183. The van der Waals surface area contributed by atoms with Gasteiger partial charge in [-0.2, -0.15) is 0 Å². The van der Waals surface area contributed by atoms with E-state index in [9.17, 15) is 19.7 Å². The molecule has 0 radical (unpaired) electrons. The third kappa shape index (κ3) is 4.76. The van der Waals surface area contributed by atoms with E-state index in [0.29, 0.717) is 18.7 Å². The number of nitro benzene ring substituents is 1. The first-order valence-electron chi connectivity index (χ1n) is 9.76. The molecular weight excluding hydrogens is 452 g/mol. The first-order valence-corrected chi connectivity index (χ1v) is 11.0. The largest absolute Gasteiger partial charge is 0.456 e. The van der Waals surface area contributed by atoms with Crippen LogP contribution in [0, 0.1) is 10.1 Å². The van der Waals surface area contributed by atoms with Gasteiger partial charge in [0.1, 0.15) is 11.5 Å². The van der Waals surface area contributed by atoms with Gasteiger partial charge in [0, 0.05) is 23.7 Å². The molecule has 2 amide bonds. The Labute approximate surface area is 192 Å². The van der Waals surface area contributed by atoms with E-state index in [1.54, 1.807) is 12.1 Å². The van der Waals surface area contributed by atoms with Crippen LogP contribution in [0.2, 0.25) is 5.02 Å². The number of benzene rings is 2. The van der Waals surface area contributed by atoms with Gasteiger partial charge in [-0.05, 0) is 54.4 Å². The standard InChI is InChI=1S/C23H17ClN2O5S/c24-16-8-10-18(19(13-16)26(29)30)20-11-9-17(31-20)14-21-22(27)25(23(28)32-21)12-4-7-15-5-2-1-3-6-15/h1-3,5-6,8-11,13-14H,4,7,12H2/b21-14+. The molecule has 0 N–H and O–H groups in total. The molecule has 1 fully saturated rings. The van der Waals surface area contributed by atoms with Gasteiger partial charge in [-0.15, -0.1) is 0 Å². The first kappa shape index (κ1) is 21.9. The van der Waals surface area contributed by atoms with E-state index in [2.05, 4.69) is 0 Å². The van der Waals surface area contributed by atoms with E-state index in [-0.39, 0.29) is 38.1 Å². The molecule has 162 valence electrons. The fourth-order valence-corrected chi connectivity index (χ4v) is 4.36. The fourth-order valence-electron chi connectivity index (χ4n) is 3.35. The van der Waals surface area contributed by atoms with E-state index < -0.39 is 4.92 Å². The molecule has 0 aliphatic carbocycles. The van der Waals surface area contributed by atoms with Crippen LogP contribution in [0.1, 0.15) is 17.7 Å². The number of amides is 2. The summed E-state index contributed by atoms with van der Waals surface area (Å²) >= 11 is 6.71. The molecule has 0 atom stereocenters. The second kappa shape index (κ2) is 9.42. The van der Waals surface area contributed by atoms with Crippen molar-refractivity contribution in [3.05, 3.63) is 92.0 Å². The summed E-state index contributed by atoms with van der Waals surface area (Å²) in [6.45, 7) is 0.331. The molecule has 2 aromatic carbocycles. The maximum atomic E-state index is 12.7. The molecule has 1 saturated heterocycles. The van der Waals surface area contributed by atoms with Crippen LogP contribution in [0.15, 0.2) is 70.0 Å². The van der Waals surface area contributed by atoms with Crippen LogP contribution in [0.4, 0.5) is 10.5 Å². The third-order valence-electron chi connectivity index (χ3n) is 4.89. The average Bonchev–Trinajstić information content (AvgIpc) is 3.34. The zero-order chi connectivity index (χ0) is 22.7. The van der Waals surface area contributed by atoms with Crippen molar-refractivity contribution in [3.63, 3.8) is 0 Å². The smallest absolute Gasteiger partial charge is 0.293 e. The third-order valence-corrected chi connectivity index (χ3v) is 6.03. The van der Waals surface area contributed by atoms with E-state index in [1.807, 2.05) is 30.3 Å². The highest BCUT2D eigenvalue weighted by Gasteiger charge is 2.34. The number of rotatable bonds is 7. The normalized spacial score (nSPS) is 15.0. The van der Waals surface area contributed by atoms with Crippen molar-refractivity contribution in [2.75, 3.05) is 6.54 Å². The lowest BCUT2D eigenvalue weighted by Crippen LogP contribution is -2.29. The molecule has 1 aliphatic heterocycles. The predicted octanol–water partition coefficient (Wildman–Crippen LogP) is 6.18. The van der Waals surface area contributed by atoms with Gasteiger partial charge in [-0.1, -0.05) is 41.9 Å². The molecule has 0 bridgehead atoms. The van der Waals surface area contributed by atoms with Crippen molar-refractivity contribution in [2.45, 2.75) is 12.8 Å². The van der Waals surface area contributed by atoms with Crippen LogP contribution in [-0.4, -0.2) is 27.5 Å². The molecular formula is C23H17ClN2O5S. The van der Waals surface area contributed by atoms with Crippen LogP contribution in [0.5, 0.6) is 0 Å². The number of imide groups is 1. The lowest BCUT2D eigenvalue weighted by Gasteiger charge is -2.11. The number of furan rings is 1. The topological polar surface area (TPSA) is 93.7 Å². The summed E-state index contributed by atoms with van der Waals surface area (Å²) in [6.07, 6.45) is 2.91. The second-order valence-electron chi connectivity index (χ2n) is 7.04. The molecule has 4 rings (SSSR count). The maximum absolute atomic E-state index is 12.7. The number of hydrogen-bond donors (Lipinski definition) is 0. The van der Waals surface area contributed by atoms with E-state index >= 15 is 0 Å². The van der Waals surface area contributed by atoms with Gasteiger partial charge in [0.05, 0.1) is 15.4 Å². The Morgan fingerprint density at radius 3 is 2.62 bits per heavy atom. The quantitative estimate of drug-likeness (QED) is 0.233. The molecule has 3 aromatic rings. The Hall–Kier alpha value is -3.36. The summed E-state index contributed by atoms with van der Waals surface area (Å²) in [5.41, 5.74) is 1.24. The highest BCUT2D eigenvalue weighted by Crippen LogP contribution is 2.36. The maximum Gasteiger partial charge on any atom is 0.293 e. The number of hydrogen-bond acceptors (Lipinski definition) is 6. The van der Waals surface area contributed by atoms with Crippen molar-refractivity contribution in [1.82, 2.24) is 4.90 Å². The lowest BCUT2D eigenvalue weighted by molar-refractivity contribution is -0.384. The number of halogens is 1. The van der Waals surface area contributed by atoms with Crippen LogP contribution in [0.25, 0.3) is 17.4 Å². The molecule has 0 spiro atoms. The van der Waals surface area contributed by atoms with Crippen LogP contribution < -0.4 is 0 Å². The second-order valence-corrected chi connectivity index (χ2v) is 8.47. The number of carbonyl (C=O) groups excluding carboxylic acids is 2. The van der Waals surface area contributed by atoms with Gasteiger partial charge in [0.2, 0.25) is 0 Å². The summed E-state index contributed by atoms with van der Waals surface area (Å²) in [6, 6.07) is 17.3. The zero-order valence-corrected chi connectivity index (χ0v) is 18.3. The Morgan fingerprint density at radius 1 is 1.09 bits per heavy atom. The minimum atomic E-state index is -0.537. The van der Waals surface area contributed by atoms with Crippen molar-refractivity contribution in [2.24, 2.45) is 0 Å². The molecule has 9 heteroatoms. The molecule has 2 heterocycles. The summed E-state index contributed by atoms with van der Waals surface area (Å²) < 4.78 is 5.70. The minimum Gasteiger partial charge on any atom is -0.456 e. The van der Waals surface area contributed by atoms with Gasteiger partial charge < -0.3 is 4.42 Å². The van der Waals surface area contributed by atoms with Crippen molar-refractivity contribution in [3.8, 4) is 11.3 Å². The highest BCUT2D eigenvalue weighted by atomic mass is 35.5. The zero-order valence-electron chi connectivity index (χ0n) is 16.7. The summed E-state index contributed by atoms with van der Waals surface area (Å²) in [5.74, 6) is 0.212. The van der Waals surface area contributed by atoms with Gasteiger partial charge in [0.15, 0.2) is 0 Å². The van der Waals surface area contributed by atoms with E-state index in [0.717, 1.165) is 23.7 Å². The monoisotopic (exact) mass is 468 g/mol. The average molecular weight is 469 g/mol. The van der Waals surface area contributed by atoms with Gasteiger partial charge in [-0.3, -0.25) is 24.6 Å². The number of carbonyl (C=O) groups is 2. The number of thioether (sulfide) groups is 1. The van der Waals surface area contributed by atoms with Crippen LogP contribution >= 0.6 is 23.4 Å². The van der Waals surface area contributed by atoms with Crippen molar-refractivity contribution < 1.29 is 18.9 Å².